The summed E-state index contributed by atoms with van der Waals surface area (Å²) < 4.78 is 10.5. The maximum atomic E-state index is 12.1. The van der Waals surface area contributed by atoms with Crippen molar-refractivity contribution in [1.82, 2.24) is 15.5 Å². The fourth-order valence-corrected chi connectivity index (χ4v) is 3.68. The number of benzene rings is 1. The molecule has 0 saturated carbocycles. The van der Waals surface area contributed by atoms with Gasteiger partial charge in [-0.25, -0.2) is 0 Å². The summed E-state index contributed by atoms with van der Waals surface area (Å²) >= 11 is 0. The van der Waals surface area contributed by atoms with Gasteiger partial charge in [0.1, 0.15) is 5.75 Å². The Morgan fingerprint density at radius 2 is 2.07 bits per heavy atom. The molecule has 1 amide bonds. The Balaban J connectivity index is 1.48. The van der Waals surface area contributed by atoms with Crippen LogP contribution >= 0.6 is 0 Å². The SMILES string of the molecule is CCNC(=NCCCNC(=O)c1occc1C)N1CCC(c2ccc(OC)cc2)C1. The minimum Gasteiger partial charge on any atom is -0.497 e. The maximum Gasteiger partial charge on any atom is 0.287 e. The van der Waals surface area contributed by atoms with Crippen LogP contribution in [-0.2, 0) is 0 Å². The van der Waals surface area contributed by atoms with E-state index in [0.29, 0.717) is 24.8 Å². The zero-order valence-corrected chi connectivity index (χ0v) is 18.1. The van der Waals surface area contributed by atoms with Gasteiger partial charge in [0.05, 0.1) is 13.4 Å². The lowest BCUT2D eigenvalue weighted by molar-refractivity contribution is 0.0925. The van der Waals surface area contributed by atoms with Crippen molar-refractivity contribution in [3.8, 4) is 5.75 Å². The van der Waals surface area contributed by atoms with Gasteiger partial charge in [-0.2, -0.15) is 0 Å². The van der Waals surface area contributed by atoms with Crippen LogP contribution in [0, 0.1) is 6.92 Å². The molecule has 0 radical (unpaired) electrons. The number of aliphatic imine (C=N–C) groups is 1. The standard InChI is InChI=1S/C23H32N4O3/c1-4-24-23(26-13-5-12-25-22(28)21-17(2)11-15-30-21)27-14-10-19(16-27)18-6-8-20(29-3)9-7-18/h6-9,11,15,19H,4-5,10,12-14,16H2,1-3H3,(H,24,26)(H,25,28). The molecule has 0 spiro atoms. The molecule has 7 nitrogen and oxygen atoms in total. The quantitative estimate of drug-likeness (QED) is 0.396. The summed E-state index contributed by atoms with van der Waals surface area (Å²) in [6.07, 6.45) is 3.41. The number of rotatable bonds is 8. The van der Waals surface area contributed by atoms with Crippen molar-refractivity contribution in [2.45, 2.75) is 32.6 Å². The largest absolute Gasteiger partial charge is 0.497 e. The van der Waals surface area contributed by atoms with E-state index in [0.717, 1.165) is 49.7 Å². The molecule has 7 heteroatoms. The molecule has 1 fully saturated rings. The van der Waals surface area contributed by atoms with Crippen LogP contribution in [-0.4, -0.2) is 56.6 Å². The lowest BCUT2D eigenvalue weighted by atomic mass is 9.98. The van der Waals surface area contributed by atoms with Crippen molar-refractivity contribution in [1.29, 1.82) is 0 Å². The first-order chi connectivity index (χ1) is 14.6. The van der Waals surface area contributed by atoms with E-state index in [9.17, 15) is 4.79 Å². The summed E-state index contributed by atoms with van der Waals surface area (Å²) in [5.74, 6) is 2.54. The van der Waals surface area contributed by atoms with Gasteiger partial charge in [0.15, 0.2) is 11.7 Å². The summed E-state index contributed by atoms with van der Waals surface area (Å²) in [6, 6.07) is 10.1. The normalized spacial score (nSPS) is 16.6. The van der Waals surface area contributed by atoms with Gasteiger partial charge in [-0.1, -0.05) is 12.1 Å². The molecule has 1 saturated heterocycles. The van der Waals surface area contributed by atoms with E-state index in [4.69, 9.17) is 14.1 Å². The number of carbonyl (C=O) groups excluding carboxylic acids is 1. The Morgan fingerprint density at radius 1 is 1.27 bits per heavy atom. The average molecular weight is 413 g/mol. The van der Waals surface area contributed by atoms with Gasteiger partial charge in [0.25, 0.3) is 5.91 Å². The van der Waals surface area contributed by atoms with E-state index in [1.54, 1.807) is 13.2 Å². The van der Waals surface area contributed by atoms with E-state index in [1.807, 2.05) is 19.1 Å². The number of carbonyl (C=O) groups is 1. The van der Waals surface area contributed by atoms with Gasteiger partial charge < -0.3 is 24.7 Å². The number of hydrogen-bond donors (Lipinski definition) is 2. The first kappa shape index (κ1) is 21.7. The highest BCUT2D eigenvalue weighted by Crippen LogP contribution is 2.28. The van der Waals surface area contributed by atoms with Crippen LogP contribution in [0.25, 0.3) is 0 Å². The molecule has 3 rings (SSSR count). The molecular formula is C23H32N4O3. The van der Waals surface area contributed by atoms with E-state index >= 15 is 0 Å². The summed E-state index contributed by atoms with van der Waals surface area (Å²) in [4.78, 5) is 19.2. The molecule has 1 aromatic heterocycles. The molecule has 2 heterocycles. The van der Waals surface area contributed by atoms with E-state index < -0.39 is 0 Å². The second-order valence-corrected chi connectivity index (χ2v) is 7.48. The highest BCUT2D eigenvalue weighted by atomic mass is 16.5. The summed E-state index contributed by atoms with van der Waals surface area (Å²) in [5.41, 5.74) is 2.19. The van der Waals surface area contributed by atoms with Gasteiger partial charge in [-0.05, 0) is 50.5 Å². The number of nitrogens with one attached hydrogen (secondary N) is 2. The Morgan fingerprint density at radius 3 is 2.73 bits per heavy atom. The Labute approximate surface area is 178 Å². The van der Waals surface area contributed by atoms with Crippen LogP contribution in [0.4, 0.5) is 0 Å². The Hall–Kier alpha value is -2.96. The zero-order chi connectivity index (χ0) is 21.3. The van der Waals surface area contributed by atoms with Crippen LogP contribution in [0.15, 0.2) is 46.0 Å². The number of guanidine groups is 1. The molecule has 0 bridgehead atoms. The molecule has 1 atom stereocenters. The summed E-state index contributed by atoms with van der Waals surface area (Å²) in [5, 5.41) is 6.29. The molecule has 30 heavy (non-hydrogen) atoms. The van der Waals surface area contributed by atoms with Crippen molar-refractivity contribution in [3.63, 3.8) is 0 Å². The Bertz CT molecular complexity index is 844. The molecule has 1 aliphatic rings. The van der Waals surface area contributed by atoms with Gasteiger partial charge in [-0.15, -0.1) is 0 Å². The van der Waals surface area contributed by atoms with Crippen molar-refractivity contribution >= 4 is 11.9 Å². The number of likely N-dealkylation sites (tertiary alicyclic amines) is 1. The highest BCUT2D eigenvalue weighted by molar-refractivity contribution is 5.92. The van der Waals surface area contributed by atoms with E-state index in [-0.39, 0.29) is 5.91 Å². The van der Waals surface area contributed by atoms with Gasteiger partial charge >= 0.3 is 0 Å². The van der Waals surface area contributed by atoms with Crippen LogP contribution in [0.1, 0.15) is 47.4 Å². The van der Waals surface area contributed by atoms with Crippen LogP contribution < -0.4 is 15.4 Å². The van der Waals surface area contributed by atoms with Crippen molar-refractivity contribution < 1.29 is 13.9 Å². The van der Waals surface area contributed by atoms with Crippen LogP contribution in [0.5, 0.6) is 5.75 Å². The third-order valence-electron chi connectivity index (χ3n) is 5.36. The van der Waals surface area contributed by atoms with Crippen LogP contribution in [0.2, 0.25) is 0 Å². The Kier molecular flexibility index (Phi) is 7.76. The second kappa shape index (κ2) is 10.7. The zero-order valence-electron chi connectivity index (χ0n) is 18.1. The molecule has 2 aromatic rings. The van der Waals surface area contributed by atoms with Gasteiger partial charge in [0.2, 0.25) is 0 Å². The molecule has 1 aromatic carbocycles. The third-order valence-corrected chi connectivity index (χ3v) is 5.36. The lowest BCUT2D eigenvalue weighted by Gasteiger charge is -2.22. The van der Waals surface area contributed by atoms with Crippen LogP contribution in [0.3, 0.4) is 0 Å². The molecule has 2 N–H and O–H groups in total. The second-order valence-electron chi connectivity index (χ2n) is 7.48. The van der Waals surface area contributed by atoms with Crippen molar-refractivity contribution in [2.75, 3.05) is 39.8 Å². The average Bonchev–Trinajstić information content (AvgIpc) is 3.42. The monoisotopic (exact) mass is 412 g/mol. The highest BCUT2D eigenvalue weighted by Gasteiger charge is 2.26. The summed E-state index contributed by atoms with van der Waals surface area (Å²) in [6.45, 7) is 7.93. The number of nitrogens with zero attached hydrogens (tertiary/aromatic N) is 2. The van der Waals surface area contributed by atoms with E-state index in [1.165, 1.54) is 11.8 Å². The topological polar surface area (TPSA) is 79.1 Å². The number of hydrogen-bond acceptors (Lipinski definition) is 4. The minimum absolute atomic E-state index is 0.171. The predicted molar refractivity (Wildman–Crippen MR) is 118 cm³/mol. The van der Waals surface area contributed by atoms with Gasteiger partial charge in [-0.3, -0.25) is 9.79 Å². The fourth-order valence-electron chi connectivity index (χ4n) is 3.68. The van der Waals surface area contributed by atoms with Crippen molar-refractivity contribution in [2.24, 2.45) is 4.99 Å². The summed E-state index contributed by atoms with van der Waals surface area (Å²) in [7, 11) is 1.69. The number of ether oxygens (including phenoxy) is 1. The number of amides is 1. The molecule has 1 unspecified atom stereocenters. The molecule has 162 valence electrons. The van der Waals surface area contributed by atoms with Crippen molar-refractivity contribution in [3.05, 3.63) is 53.5 Å². The van der Waals surface area contributed by atoms with Gasteiger partial charge in [0, 0.05) is 44.2 Å². The predicted octanol–water partition coefficient (Wildman–Crippen LogP) is 3.17. The minimum atomic E-state index is -0.171. The molecular weight excluding hydrogens is 380 g/mol. The van der Waals surface area contributed by atoms with E-state index in [2.05, 4.69) is 34.6 Å². The lowest BCUT2D eigenvalue weighted by Crippen LogP contribution is -2.40. The molecule has 0 aliphatic carbocycles. The first-order valence-electron chi connectivity index (χ1n) is 10.6. The maximum absolute atomic E-state index is 12.1. The number of furan rings is 1. The first-order valence-corrected chi connectivity index (χ1v) is 10.6. The molecule has 1 aliphatic heterocycles. The number of methoxy groups -OCH3 is 1. The smallest absolute Gasteiger partial charge is 0.287 e. The third kappa shape index (κ3) is 5.55. The fraction of sp³-hybridized carbons (Fsp3) is 0.478. The number of aryl methyl sites for hydroxylation is 1.